The molecular weight excluding hydrogens is 276 g/mol. The second kappa shape index (κ2) is 7.75. The fourth-order valence-corrected chi connectivity index (χ4v) is 2.29. The number of carbonyl (C=O) groups is 1. The number of amides is 1. The van der Waals surface area contributed by atoms with Crippen LogP contribution >= 0.6 is 0 Å². The van der Waals surface area contributed by atoms with Gasteiger partial charge in [0.15, 0.2) is 0 Å². The van der Waals surface area contributed by atoms with Crippen molar-refractivity contribution in [2.24, 2.45) is 11.7 Å². The highest BCUT2D eigenvalue weighted by Gasteiger charge is 2.14. The van der Waals surface area contributed by atoms with Crippen LogP contribution in [0.4, 0.5) is 0 Å². The molecule has 22 heavy (non-hydrogen) atoms. The summed E-state index contributed by atoms with van der Waals surface area (Å²) in [4.78, 5) is 11.9. The summed E-state index contributed by atoms with van der Waals surface area (Å²) in [6.07, 6.45) is 4.41. The summed E-state index contributed by atoms with van der Waals surface area (Å²) in [5.41, 5.74) is 8.02. The number of nitrogens with zero attached hydrogens (tertiary/aromatic N) is 2. The quantitative estimate of drug-likeness (QED) is 0.820. The molecule has 5 heteroatoms. The van der Waals surface area contributed by atoms with Crippen LogP contribution in [-0.4, -0.2) is 21.7 Å². The van der Waals surface area contributed by atoms with E-state index in [1.807, 2.05) is 29.1 Å². The number of aromatic nitrogens is 2. The Labute approximate surface area is 131 Å². The fourth-order valence-electron chi connectivity index (χ4n) is 2.29. The molecule has 1 aromatic carbocycles. The van der Waals surface area contributed by atoms with Crippen LogP contribution in [-0.2, 0) is 17.9 Å². The first kappa shape index (κ1) is 16.2. The monoisotopic (exact) mass is 300 g/mol. The first-order valence-electron chi connectivity index (χ1n) is 7.63. The fraction of sp³-hybridized carbons (Fsp3) is 0.412. The van der Waals surface area contributed by atoms with Crippen LogP contribution < -0.4 is 11.1 Å². The zero-order valence-electron chi connectivity index (χ0n) is 13.2. The van der Waals surface area contributed by atoms with Crippen molar-refractivity contribution in [3.8, 4) is 0 Å². The maximum absolute atomic E-state index is 11.9. The van der Waals surface area contributed by atoms with Gasteiger partial charge in [0, 0.05) is 18.3 Å². The Morgan fingerprint density at radius 2 is 2.00 bits per heavy atom. The smallest absolute Gasteiger partial charge is 0.237 e. The van der Waals surface area contributed by atoms with Gasteiger partial charge in [0.05, 0.1) is 18.8 Å². The molecule has 1 amide bonds. The largest absolute Gasteiger partial charge is 0.351 e. The second-order valence-electron chi connectivity index (χ2n) is 5.99. The minimum Gasteiger partial charge on any atom is -0.351 e. The van der Waals surface area contributed by atoms with Gasteiger partial charge >= 0.3 is 0 Å². The van der Waals surface area contributed by atoms with E-state index in [-0.39, 0.29) is 5.91 Å². The molecule has 0 saturated heterocycles. The molecule has 0 fully saturated rings. The van der Waals surface area contributed by atoms with Crippen molar-refractivity contribution in [3.05, 3.63) is 53.9 Å². The molecule has 1 heterocycles. The molecular formula is C17H24N4O. The van der Waals surface area contributed by atoms with Crippen LogP contribution in [0.25, 0.3) is 0 Å². The summed E-state index contributed by atoms with van der Waals surface area (Å²) in [5.74, 6) is 0.305. The number of rotatable bonds is 7. The number of carbonyl (C=O) groups excluding carboxylic acids is 1. The zero-order valence-corrected chi connectivity index (χ0v) is 13.2. The molecule has 0 aliphatic rings. The van der Waals surface area contributed by atoms with Crippen LogP contribution in [0.15, 0.2) is 42.7 Å². The van der Waals surface area contributed by atoms with Crippen LogP contribution in [0.3, 0.4) is 0 Å². The Balaban J connectivity index is 1.83. The lowest BCUT2D eigenvalue weighted by Crippen LogP contribution is -2.40. The van der Waals surface area contributed by atoms with Gasteiger partial charge in [-0.2, -0.15) is 5.10 Å². The van der Waals surface area contributed by atoms with Crippen LogP contribution in [0, 0.1) is 5.92 Å². The molecule has 0 saturated carbocycles. The second-order valence-corrected chi connectivity index (χ2v) is 5.99. The average molecular weight is 300 g/mol. The first-order chi connectivity index (χ1) is 10.5. The van der Waals surface area contributed by atoms with E-state index in [0.29, 0.717) is 18.9 Å². The normalized spacial score (nSPS) is 12.4. The Morgan fingerprint density at radius 1 is 1.27 bits per heavy atom. The number of nitrogens with one attached hydrogen (secondary N) is 1. The lowest BCUT2D eigenvalue weighted by Gasteiger charge is -2.13. The van der Waals surface area contributed by atoms with Gasteiger partial charge in [-0.3, -0.25) is 9.48 Å². The summed E-state index contributed by atoms with van der Waals surface area (Å²) in [6, 6.07) is 9.70. The van der Waals surface area contributed by atoms with Gasteiger partial charge in [0.25, 0.3) is 0 Å². The number of nitrogens with two attached hydrogens (primary N) is 1. The van der Waals surface area contributed by atoms with Crippen LogP contribution in [0.2, 0.25) is 0 Å². The molecule has 118 valence electrons. The number of benzene rings is 1. The molecule has 0 aliphatic carbocycles. The Kier molecular flexibility index (Phi) is 5.72. The first-order valence-corrected chi connectivity index (χ1v) is 7.63. The van der Waals surface area contributed by atoms with Crippen molar-refractivity contribution in [1.82, 2.24) is 15.1 Å². The lowest BCUT2D eigenvalue weighted by atomic mass is 10.0. The van der Waals surface area contributed by atoms with E-state index in [2.05, 4.69) is 36.4 Å². The number of hydrogen-bond acceptors (Lipinski definition) is 3. The molecule has 2 rings (SSSR count). The van der Waals surface area contributed by atoms with E-state index in [9.17, 15) is 4.79 Å². The molecule has 0 bridgehead atoms. The van der Waals surface area contributed by atoms with Crippen molar-refractivity contribution in [3.63, 3.8) is 0 Å². The predicted octanol–water partition coefficient (Wildman–Crippen LogP) is 1.92. The molecule has 0 aliphatic heterocycles. The highest BCUT2D eigenvalue weighted by atomic mass is 16.2. The van der Waals surface area contributed by atoms with Gasteiger partial charge in [-0.25, -0.2) is 0 Å². The molecule has 0 spiro atoms. The van der Waals surface area contributed by atoms with Gasteiger partial charge in [-0.05, 0) is 17.9 Å². The molecule has 1 aromatic heterocycles. The van der Waals surface area contributed by atoms with E-state index < -0.39 is 6.04 Å². The molecule has 0 radical (unpaired) electrons. The zero-order chi connectivity index (χ0) is 15.9. The van der Waals surface area contributed by atoms with E-state index in [4.69, 9.17) is 5.73 Å². The van der Waals surface area contributed by atoms with Gasteiger partial charge in [0.1, 0.15) is 0 Å². The van der Waals surface area contributed by atoms with Crippen molar-refractivity contribution in [2.75, 3.05) is 0 Å². The van der Waals surface area contributed by atoms with Crippen molar-refractivity contribution < 1.29 is 4.79 Å². The average Bonchev–Trinajstić information content (AvgIpc) is 2.92. The number of hydrogen-bond donors (Lipinski definition) is 2. The Bertz CT molecular complexity index is 592. The van der Waals surface area contributed by atoms with Crippen molar-refractivity contribution in [2.45, 2.75) is 39.4 Å². The van der Waals surface area contributed by atoms with Gasteiger partial charge in [-0.1, -0.05) is 44.2 Å². The maximum atomic E-state index is 11.9. The van der Waals surface area contributed by atoms with E-state index in [1.54, 1.807) is 6.20 Å². The molecule has 2 aromatic rings. The Hall–Kier alpha value is -2.14. The maximum Gasteiger partial charge on any atom is 0.237 e. The molecule has 0 unspecified atom stereocenters. The molecule has 3 N–H and O–H groups in total. The predicted molar refractivity (Wildman–Crippen MR) is 87.0 cm³/mol. The van der Waals surface area contributed by atoms with Gasteiger partial charge < -0.3 is 11.1 Å². The van der Waals surface area contributed by atoms with Crippen molar-refractivity contribution in [1.29, 1.82) is 0 Å². The standard InChI is InChI=1S/C17H24N4O/c1-13(2)8-16(18)17(22)19-9-15-10-20-21(12-15)11-14-6-4-3-5-7-14/h3-7,10,12-13,16H,8-9,11,18H2,1-2H3,(H,19,22)/t16-/m0/s1. The van der Waals surface area contributed by atoms with E-state index in [0.717, 1.165) is 12.1 Å². The third-order valence-electron chi connectivity index (χ3n) is 3.40. The Morgan fingerprint density at radius 3 is 2.68 bits per heavy atom. The summed E-state index contributed by atoms with van der Waals surface area (Å²) < 4.78 is 1.87. The molecule has 1 atom stereocenters. The summed E-state index contributed by atoms with van der Waals surface area (Å²) in [7, 11) is 0. The SMILES string of the molecule is CC(C)C[C@H](N)C(=O)NCc1cnn(Cc2ccccc2)c1. The third-order valence-corrected chi connectivity index (χ3v) is 3.40. The summed E-state index contributed by atoms with van der Waals surface area (Å²) in [5, 5.41) is 7.18. The minimum atomic E-state index is -0.445. The highest BCUT2D eigenvalue weighted by Crippen LogP contribution is 2.05. The molecule has 5 nitrogen and oxygen atoms in total. The van der Waals surface area contributed by atoms with Crippen LogP contribution in [0.5, 0.6) is 0 Å². The highest BCUT2D eigenvalue weighted by molar-refractivity contribution is 5.81. The lowest BCUT2D eigenvalue weighted by molar-refractivity contribution is -0.122. The van der Waals surface area contributed by atoms with Crippen molar-refractivity contribution >= 4 is 5.91 Å². The third kappa shape index (κ3) is 5.00. The van der Waals surface area contributed by atoms with E-state index in [1.165, 1.54) is 5.56 Å². The van der Waals surface area contributed by atoms with Gasteiger partial charge in [0.2, 0.25) is 5.91 Å². The summed E-state index contributed by atoms with van der Waals surface area (Å²) in [6.45, 7) is 5.29. The topological polar surface area (TPSA) is 72.9 Å². The van der Waals surface area contributed by atoms with E-state index >= 15 is 0 Å². The summed E-state index contributed by atoms with van der Waals surface area (Å²) >= 11 is 0. The van der Waals surface area contributed by atoms with Gasteiger partial charge in [-0.15, -0.1) is 0 Å². The minimum absolute atomic E-state index is 0.107. The van der Waals surface area contributed by atoms with Crippen LogP contribution in [0.1, 0.15) is 31.4 Å².